The van der Waals surface area contributed by atoms with Gasteiger partial charge in [0.1, 0.15) is 0 Å². The van der Waals surface area contributed by atoms with Crippen LogP contribution in [-0.4, -0.2) is 11.6 Å². The summed E-state index contributed by atoms with van der Waals surface area (Å²) in [5, 5.41) is 0. The molecule has 4 nitrogen and oxygen atoms in total. The predicted molar refractivity (Wildman–Crippen MR) is 62.0 cm³/mol. The number of rotatable bonds is 1. The van der Waals surface area contributed by atoms with Gasteiger partial charge in [0, 0.05) is 12.0 Å². The number of hydrogen-bond acceptors (Lipinski definition) is 4. The van der Waals surface area contributed by atoms with Crippen molar-refractivity contribution >= 4 is 0 Å². The molecule has 96 valence electrons. The lowest BCUT2D eigenvalue weighted by Gasteiger charge is -2.54. The maximum absolute atomic E-state index is 6.13. The molecule has 0 spiro atoms. The zero-order valence-corrected chi connectivity index (χ0v) is 10.5. The average Bonchev–Trinajstić information content (AvgIpc) is 2.59. The molecule has 18 heavy (non-hydrogen) atoms. The normalized spacial score (nSPS) is 49.6. The van der Waals surface area contributed by atoms with Crippen LogP contribution in [0.1, 0.15) is 32.3 Å². The zero-order chi connectivity index (χ0) is 12.4. The van der Waals surface area contributed by atoms with Crippen LogP contribution in [0.2, 0.25) is 0 Å². The molecular formula is C14H16O4. The first-order valence-corrected chi connectivity index (χ1v) is 6.39. The highest BCUT2D eigenvalue weighted by atomic mass is 17.3. The molecule has 0 amide bonds. The maximum Gasteiger partial charge on any atom is 0.238 e. The Morgan fingerprint density at radius 3 is 2.56 bits per heavy atom. The molecule has 4 atom stereocenters. The van der Waals surface area contributed by atoms with Crippen LogP contribution in [0, 0.1) is 5.92 Å². The second kappa shape index (κ2) is 3.14. The Bertz CT molecular complexity index is 490. The summed E-state index contributed by atoms with van der Waals surface area (Å²) in [7, 11) is 0. The SMILES string of the molecule is CC12CCC3[C@](C)(OO[C@@]3(c3ccccc3)O1)O2. The largest absolute Gasteiger partial charge is 0.315 e. The molecule has 0 aromatic heterocycles. The highest BCUT2D eigenvalue weighted by Crippen LogP contribution is 2.62. The van der Waals surface area contributed by atoms with E-state index >= 15 is 0 Å². The summed E-state index contributed by atoms with van der Waals surface area (Å²) in [5.41, 5.74) is 0.993. The minimum absolute atomic E-state index is 0.0641. The highest BCUT2D eigenvalue weighted by Gasteiger charge is 2.72. The van der Waals surface area contributed by atoms with Crippen molar-refractivity contribution in [2.45, 2.75) is 44.1 Å². The molecule has 5 rings (SSSR count). The molecule has 4 saturated heterocycles. The second-order valence-electron chi connectivity index (χ2n) is 5.65. The molecule has 2 unspecified atom stereocenters. The first kappa shape index (κ1) is 10.9. The third-order valence-electron chi connectivity index (χ3n) is 4.27. The monoisotopic (exact) mass is 248 g/mol. The summed E-state index contributed by atoms with van der Waals surface area (Å²) in [5.74, 6) is -2.09. The summed E-state index contributed by atoms with van der Waals surface area (Å²) in [4.78, 5) is 11.1. The lowest BCUT2D eigenvalue weighted by Crippen LogP contribution is -2.62. The second-order valence-corrected chi connectivity index (χ2v) is 5.65. The van der Waals surface area contributed by atoms with E-state index in [0.29, 0.717) is 0 Å². The van der Waals surface area contributed by atoms with Crippen molar-refractivity contribution in [3.05, 3.63) is 35.9 Å². The van der Waals surface area contributed by atoms with Crippen molar-refractivity contribution in [3.63, 3.8) is 0 Å². The van der Waals surface area contributed by atoms with Crippen molar-refractivity contribution in [1.29, 1.82) is 0 Å². The van der Waals surface area contributed by atoms with Crippen LogP contribution >= 0.6 is 0 Å². The van der Waals surface area contributed by atoms with Crippen LogP contribution < -0.4 is 0 Å². The predicted octanol–water partition coefficient (Wildman–Crippen LogP) is 2.69. The fraction of sp³-hybridized carbons (Fsp3) is 0.571. The average molecular weight is 248 g/mol. The zero-order valence-electron chi connectivity index (χ0n) is 10.5. The summed E-state index contributed by atoms with van der Waals surface area (Å²) in [6, 6.07) is 9.97. The van der Waals surface area contributed by atoms with E-state index in [1.165, 1.54) is 0 Å². The summed E-state index contributed by atoms with van der Waals surface area (Å²) in [6.07, 6.45) is 1.84. The standard InChI is InChI=1S/C14H16O4/c1-12-9-8-11-13(2,15-12)17-18-14(11,16-12)10-6-4-3-5-7-10/h3-7,11H,8-9H2,1-2H3/t11?,12?,13-,14+/m0/s1. The smallest absolute Gasteiger partial charge is 0.238 e. The molecule has 0 aliphatic carbocycles. The molecule has 1 aromatic carbocycles. The van der Waals surface area contributed by atoms with Crippen LogP contribution in [-0.2, 0) is 25.0 Å². The first-order valence-electron chi connectivity index (χ1n) is 6.39. The highest BCUT2D eigenvalue weighted by molar-refractivity contribution is 5.25. The van der Waals surface area contributed by atoms with Gasteiger partial charge in [0.25, 0.3) is 0 Å². The Kier molecular flexibility index (Phi) is 1.91. The minimum Gasteiger partial charge on any atom is -0.315 e. The third kappa shape index (κ3) is 1.19. The van der Waals surface area contributed by atoms with Crippen LogP contribution in [0.4, 0.5) is 0 Å². The van der Waals surface area contributed by atoms with E-state index in [1.807, 2.05) is 44.2 Å². The molecule has 0 radical (unpaired) electrons. The van der Waals surface area contributed by atoms with Crippen molar-refractivity contribution in [3.8, 4) is 0 Å². The van der Waals surface area contributed by atoms with Crippen LogP contribution in [0.25, 0.3) is 0 Å². The Morgan fingerprint density at radius 1 is 1.06 bits per heavy atom. The Morgan fingerprint density at radius 2 is 1.83 bits per heavy atom. The van der Waals surface area contributed by atoms with Crippen molar-refractivity contribution in [2.75, 3.05) is 0 Å². The van der Waals surface area contributed by atoms with Gasteiger partial charge in [-0.1, -0.05) is 30.3 Å². The van der Waals surface area contributed by atoms with E-state index in [2.05, 4.69) is 0 Å². The van der Waals surface area contributed by atoms with Crippen LogP contribution in [0.3, 0.4) is 0 Å². The minimum atomic E-state index is -0.818. The van der Waals surface area contributed by atoms with Gasteiger partial charge < -0.3 is 9.47 Å². The number of ether oxygens (including phenoxy) is 2. The van der Waals surface area contributed by atoms with Gasteiger partial charge in [0.05, 0.1) is 5.92 Å². The van der Waals surface area contributed by atoms with Gasteiger partial charge in [-0.25, -0.2) is 0 Å². The maximum atomic E-state index is 6.13. The number of hydrogen-bond donors (Lipinski definition) is 0. The van der Waals surface area contributed by atoms with Gasteiger partial charge in [-0.15, -0.1) is 0 Å². The van der Waals surface area contributed by atoms with Gasteiger partial charge >= 0.3 is 0 Å². The Hall–Kier alpha value is -0.940. The summed E-state index contributed by atoms with van der Waals surface area (Å²) in [6.45, 7) is 3.89. The number of fused-ring (bicyclic) bond motifs is 1. The molecule has 0 saturated carbocycles. The molecule has 4 bridgehead atoms. The van der Waals surface area contributed by atoms with Gasteiger partial charge in [0.2, 0.25) is 11.6 Å². The van der Waals surface area contributed by atoms with E-state index < -0.39 is 17.4 Å². The Balaban J connectivity index is 1.87. The van der Waals surface area contributed by atoms with E-state index in [0.717, 1.165) is 18.4 Å². The molecule has 4 fully saturated rings. The van der Waals surface area contributed by atoms with Gasteiger partial charge in [-0.05, 0) is 20.3 Å². The molecule has 4 aliphatic rings. The van der Waals surface area contributed by atoms with Crippen molar-refractivity contribution in [2.24, 2.45) is 5.92 Å². The van der Waals surface area contributed by atoms with Gasteiger partial charge in [0.15, 0.2) is 5.79 Å². The number of benzene rings is 1. The third-order valence-corrected chi connectivity index (χ3v) is 4.27. The fourth-order valence-electron chi connectivity index (χ4n) is 3.49. The van der Waals surface area contributed by atoms with Crippen molar-refractivity contribution in [1.82, 2.24) is 0 Å². The molecular weight excluding hydrogens is 232 g/mol. The van der Waals surface area contributed by atoms with Crippen LogP contribution in [0.5, 0.6) is 0 Å². The van der Waals surface area contributed by atoms with E-state index in [4.69, 9.17) is 19.2 Å². The van der Waals surface area contributed by atoms with Crippen LogP contribution in [0.15, 0.2) is 30.3 Å². The molecule has 4 aliphatic heterocycles. The lowest BCUT2D eigenvalue weighted by molar-refractivity contribution is -0.433. The molecule has 0 N–H and O–H groups in total. The van der Waals surface area contributed by atoms with Gasteiger partial charge in [-0.2, -0.15) is 9.78 Å². The molecule has 1 aromatic rings. The lowest BCUT2D eigenvalue weighted by atomic mass is 9.76. The Labute approximate surface area is 106 Å². The summed E-state index contributed by atoms with van der Waals surface area (Å²) < 4.78 is 12.1. The van der Waals surface area contributed by atoms with E-state index in [9.17, 15) is 0 Å². The topological polar surface area (TPSA) is 36.9 Å². The first-order chi connectivity index (χ1) is 8.57. The van der Waals surface area contributed by atoms with Gasteiger partial charge in [-0.3, -0.25) is 0 Å². The molecule has 4 heterocycles. The van der Waals surface area contributed by atoms with E-state index in [-0.39, 0.29) is 5.92 Å². The van der Waals surface area contributed by atoms with Crippen molar-refractivity contribution < 1.29 is 19.2 Å². The fourth-order valence-corrected chi connectivity index (χ4v) is 3.49. The summed E-state index contributed by atoms with van der Waals surface area (Å²) >= 11 is 0. The van der Waals surface area contributed by atoms with E-state index in [1.54, 1.807) is 0 Å². The quantitative estimate of drug-likeness (QED) is 0.716. The molecule has 4 heteroatoms.